The second-order valence-electron chi connectivity index (χ2n) is 32.8. The molecule has 10 heterocycles. The number of aliphatic hydroxyl groups is 6. The van der Waals surface area contributed by atoms with Gasteiger partial charge in [-0.05, 0) is 25.7 Å². The standard InChI is InChI=1S/C81H136N14O35/c1-56(96)83-65-68(101)71(104)79(53-125-74(65)128-79)50-116-36-33-113-30-27-110-24-21-107-18-14-93-39-60(87-90-93)44-119-47-78(86-64(100)13-9-5-4-7-11-63(99)12-8-6-10-17-122-77-123-42-59(82)43-124-77,48-120-45-61-40-94(91-88-61)15-19-108-22-25-111-28-31-114-34-37-117-51-80-54-126-75(129-80)66(84-57(2)97)69(102)72(80)105)49-121-46-62-41-95(92-89-62)16-20-109-23-26-112-29-32-115-35-38-118-52-81-55-127-76(130-81)67(85-58(3)98)70(103)73(81)106/h39-41,59,65-77,101-106H,4-38,42-55,82H2,1-3H3,(H,83,96)(H,84,97)(H,85,98)(H,86,100)/t59?,65-,66-,67-,68-,69-,70-,71-,72-,73-,74+,75+,76+,77?,79+,80+,81+/m1/s1. The quantitative estimate of drug-likeness (QED) is 0.0235. The summed E-state index contributed by atoms with van der Waals surface area (Å²) in [5.41, 5.74) is 2.14. The van der Waals surface area contributed by atoms with Gasteiger partial charge < -0.3 is 171 Å². The molecule has 130 heavy (non-hydrogen) atoms. The normalized spacial score (nSPS) is 27.0. The van der Waals surface area contributed by atoms with Gasteiger partial charge in [0.15, 0.2) is 18.9 Å². The van der Waals surface area contributed by atoms with Crippen molar-refractivity contribution in [2.24, 2.45) is 5.73 Å². The van der Waals surface area contributed by atoms with Crippen LogP contribution < -0.4 is 27.0 Å². The maximum atomic E-state index is 14.3. The number of hydrogen-bond donors (Lipinski definition) is 11. The number of hydrogen-bond acceptors (Lipinski definition) is 42. The zero-order valence-electron chi connectivity index (χ0n) is 74.6. The highest BCUT2D eigenvalue weighted by molar-refractivity contribution is 5.78. The molecule has 0 spiro atoms. The minimum Gasteiger partial charge on any atom is -0.388 e. The van der Waals surface area contributed by atoms with Crippen molar-refractivity contribution in [2.45, 2.75) is 233 Å². The third-order valence-electron chi connectivity index (χ3n) is 21.9. The number of ether oxygens (including phenoxy) is 24. The minimum absolute atomic E-state index is 0.0160. The molecule has 3 aromatic heterocycles. The first-order chi connectivity index (χ1) is 63.0. The molecular weight excluding hydrogens is 1730 g/mol. The molecule has 0 aromatic carbocycles. The average molecular weight is 1870 g/mol. The Morgan fingerprint density at radius 2 is 0.700 bits per heavy atom. The predicted molar refractivity (Wildman–Crippen MR) is 440 cm³/mol. The molecule has 10 rings (SSSR count). The van der Waals surface area contributed by atoms with Gasteiger partial charge in [0.1, 0.15) is 100.0 Å². The van der Waals surface area contributed by atoms with E-state index in [2.05, 4.69) is 52.2 Å². The van der Waals surface area contributed by atoms with Gasteiger partial charge in [-0.2, -0.15) is 0 Å². The molecule has 3 aromatic rings. The fourth-order valence-corrected chi connectivity index (χ4v) is 15.1. The lowest BCUT2D eigenvalue weighted by atomic mass is 9.88. The highest BCUT2D eigenvalue weighted by Gasteiger charge is 2.62. The zero-order chi connectivity index (χ0) is 92.2. The fourth-order valence-electron chi connectivity index (χ4n) is 15.1. The molecule has 7 aliphatic rings. The Hall–Kier alpha value is -6.27. The molecule has 6 bridgehead atoms. The zero-order valence-corrected chi connectivity index (χ0v) is 74.6. The van der Waals surface area contributed by atoms with Gasteiger partial charge in [0.25, 0.3) is 6.48 Å². The van der Waals surface area contributed by atoms with Gasteiger partial charge in [-0.3, -0.25) is 24.0 Å². The van der Waals surface area contributed by atoms with Crippen molar-refractivity contribution in [3.8, 4) is 0 Å². The van der Waals surface area contributed by atoms with E-state index in [-0.39, 0.29) is 163 Å². The highest BCUT2D eigenvalue weighted by atomic mass is 16.9. The SMILES string of the molecule is CC(=O)N[C@H]1[C@H]2OC[C@](COCCOCCOCCOCCn3cc(COCC(COCc4cn(CCOCCOCCOCCOC[C@@]56CO[C@@H](O5)[C@H](NC(C)=O)[C@@H](O)[C@H]6O)nn4)(COCc4cn(CCOCCOCCOCCOC[C@@]56CO[C@@H](O5)[C@H](NC(C)=O)[C@@H](O)[C@H]6O)nn4)NC(=O)CCCCCCC(=O)CCCCCOC4OCC(N)CO4)nn3)(O2)[C@H](O)[C@@H]1O. The van der Waals surface area contributed by atoms with Gasteiger partial charge in [-0.15, -0.1) is 15.3 Å². The first-order valence-corrected chi connectivity index (χ1v) is 44.6. The van der Waals surface area contributed by atoms with E-state index < -0.39 is 120 Å². The lowest BCUT2D eigenvalue weighted by Gasteiger charge is -2.42. The molecule has 7 fully saturated rings. The van der Waals surface area contributed by atoms with Crippen molar-refractivity contribution in [3.05, 3.63) is 35.7 Å². The lowest BCUT2D eigenvalue weighted by molar-refractivity contribution is -0.313. The van der Waals surface area contributed by atoms with Crippen LogP contribution in [0.2, 0.25) is 0 Å². The van der Waals surface area contributed by atoms with Crippen LogP contribution in [0.3, 0.4) is 0 Å². The highest BCUT2D eigenvalue weighted by Crippen LogP contribution is 2.40. The monoisotopic (exact) mass is 1860 g/mol. The van der Waals surface area contributed by atoms with Gasteiger partial charge in [0.2, 0.25) is 23.6 Å². The van der Waals surface area contributed by atoms with Crippen LogP contribution in [-0.2, 0) is 177 Å². The molecule has 49 heteroatoms. The minimum atomic E-state index is -1.35. The summed E-state index contributed by atoms with van der Waals surface area (Å²) in [6, 6.07) is -2.91. The number of carbonyl (C=O) groups excluding carboxylic acids is 5. The Morgan fingerprint density at radius 1 is 0.400 bits per heavy atom. The summed E-state index contributed by atoms with van der Waals surface area (Å²) in [4.78, 5) is 61.9. The molecule has 0 saturated carbocycles. The number of nitrogens with two attached hydrogens (primary N) is 1. The third kappa shape index (κ3) is 35.1. The Morgan fingerprint density at radius 3 is 1.02 bits per heavy atom. The number of Topliss-reactive ketones (excluding diaryl/α,β-unsaturated/α-hetero) is 1. The molecule has 0 unspecified atom stereocenters. The summed E-state index contributed by atoms with van der Waals surface area (Å²) < 4.78 is 143. The van der Waals surface area contributed by atoms with Crippen molar-refractivity contribution in [1.29, 1.82) is 0 Å². The second-order valence-corrected chi connectivity index (χ2v) is 32.8. The van der Waals surface area contributed by atoms with E-state index in [1.54, 1.807) is 32.6 Å². The van der Waals surface area contributed by atoms with Crippen LogP contribution in [0.25, 0.3) is 0 Å². The van der Waals surface area contributed by atoms with E-state index in [4.69, 9.17) is 119 Å². The van der Waals surface area contributed by atoms with E-state index in [0.717, 1.165) is 25.7 Å². The maximum Gasteiger partial charge on any atom is 0.271 e. The molecule has 0 aliphatic carbocycles. The summed E-state index contributed by atoms with van der Waals surface area (Å²) in [6.07, 6.45) is 0.569. The molecule has 15 atom stereocenters. The van der Waals surface area contributed by atoms with Crippen molar-refractivity contribution in [1.82, 2.24) is 66.2 Å². The van der Waals surface area contributed by atoms with E-state index >= 15 is 0 Å². The second kappa shape index (κ2) is 56.9. The van der Waals surface area contributed by atoms with E-state index in [1.807, 2.05) is 0 Å². The number of fused-ring (bicyclic) bond motifs is 6. The first-order valence-electron chi connectivity index (χ1n) is 44.6. The molecule has 0 radical (unpaired) electrons. The summed E-state index contributed by atoms with van der Waals surface area (Å²) in [7, 11) is 0. The molecule has 49 nitrogen and oxygen atoms in total. The molecule has 740 valence electrons. The number of amides is 4. The molecule has 4 amide bonds. The number of aliphatic hydroxyl groups excluding tert-OH is 6. The van der Waals surface area contributed by atoms with Gasteiger partial charge in [-0.1, -0.05) is 34.9 Å². The summed E-state index contributed by atoms with van der Waals surface area (Å²) in [5, 5.41) is 101. The number of rotatable bonds is 72. The third-order valence-corrected chi connectivity index (χ3v) is 21.9. The van der Waals surface area contributed by atoms with Crippen LogP contribution >= 0.6 is 0 Å². The van der Waals surface area contributed by atoms with Crippen molar-refractivity contribution < 1.29 is 168 Å². The van der Waals surface area contributed by atoms with Gasteiger partial charge in [-0.25, -0.2) is 14.0 Å². The number of nitrogens with one attached hydrogen (secondary N) is 4. The van der Waals surface area contributed by atoms with Crippen molar-refractivity contribution in [2.75, 3.05) is 218 Å². The fraction of sp³-hybridized carbons (Fsp3) is 0.864. The largest absolute Gasteiger partial charge is 0.388 e. The van der Waals surface area contributed by atoms with Gasteiger partial charge in [0, 0.05) is 40.0 Å². The van der Waals surface area contributed by atoms with Crippen molar-refractivity contribution >= 4 is 29.4 Å². The number of carbonyl (C=O) groups is 5. The van der Waals surface area contributed by atoms with Crippen LogP contribution in [0.1, 0.15) is 102 Å². The Kier molecular flexibility index (Phi) is 46.3. The summed E-state index contributed by atoms with van der Waals surface area (Å²) in [5.74, 6) is -1.28. The molecular formula is C81H136N14O35. The molecule has 7 saturated heterocycles. The molecule has 7 aliphatic heterocycles. The smallest absolute Gasteiger partial charge is 0.271 e. The average Bonchev–Trinajstić information content (AvgIpc) is 1.60. The van der Waals surface area contributed by atoms with Crippen LogP contribution in [0.4, 0.5) is 0 Å². The van der Waals surface area contributed by atoms with Gasteiger partial charge >= 0.3 is 0 Å². The van der Waals surface area contributed by atoms with E-state index in [9.17, 15) is 54.6 Å². The summed E-state index contributed by atoms with van der Waals surface area (Å²) >= 11 is 0. The van der Waals surface area contributed by atoms with E-state index in [1.165, 1.54) is 20.8 Å². The topological polar surface area (TPSA) is 595 Å². The number of unbranched alkanes of at least 4 members (excludes halogenated alkanes) is 5. The lowest BCUT2D eigenvalue weighted by Crippen LogP contribution is -2.66. The number of aromatic nitrogens is 9. The van der Waals surface area contributed by atoms with Crippen LogP contribution in [0.5, 0.6) is 0 Å². The Labute approximate surface area is 753 Å². The maximum absolute atomic E-state index is 14.3. The van der Waals surface area contributed by atoms with Crippen LogP contribution in [0.15, 0.2) is 18.6 Å². The Bertz CT molecular complexity index is 3400. The first kappa shape index (κ1) is 106. The Balaban J connectivity index is 0.651. The van der Waals surface area contributed by atoms with Crippen molar-refractivity contribution in [3.63, 3.8) is 0 Å². The predicted octanol–water partition coefficient (Wildman–Crippen LogP) is -5.33. The number of nitrogens with zero attached hydrogens (tertiary/aromatic N) is 9. The summed E-state index contributed by atoms with van der Waals surface area (Å²) in [6.45, 7) is 10.5. The van der Waals surface area contributed by atoms with E-state index in [0.29, 0.717) is 168 Å². The molecule has 12 N–H and O–H groups in total. The van der Waals surface area contributed by atoms with Crippen LogP contribution in [0, 0.1) is 0 Å². The van der Waals surface area contributed by atoms with Crippen LogP contribution in [-0.4, -0.2) is 432 Å². The number of ketones is 1. The van der Waals surface area contributed by atoms with Gasteiger partial charge in [0.05, 0.1) is 282 Å².